The van der Waals surface area contributed by atoms with E-state index in [9.17, 15) is 14.9 Å². The van der Waals surface area contributed by atoms with Gasteiger partial charge in [0, 0.05) is 92.9 Å². The van der Waals surface area contributed by atoms with Gasteiger partial charge in [-0.3, -0.25) is 33.9 Å². The molecule has 143 heavy (non-hydrogen) atoms. The van der Waals surface area contributed by atoms with Crippen LogP contribution < -0.4 is 9.80 Å². The highest BCUT2D eigenvalue weighted by Gasteiger charge is 2.39. The van der Waals surface area contributed by atoms with Crippen LogP contribution in [0.25, 0.3) is 170 Å². The van der Waals surface area contributed by atoms with Crippen molar-refractivity contribution >= 4 is 152 Å². The van der Waals surface area contributed by atoms with Gasteiger partial charge in [-0.05, 0) is 155 Å². The van der Waals surface area contributed by atoms with Crippen molar-refractivity contribution in [3.63, 3.8) is 0 Å². The Kier molecular flexibility index (Phi) is 23.4. The predicted molar refractivity (Wildman–Crippen MR) is 571 cm³/mol. The number of carbonyl (C=O) groups excluding carboxylic acids is 2. The first-order valence-electron chi connectivity index (χ1n) is 46.1. The Bertz CT molecular complexity index is 9270. The zero-order chi connectivity index (χ0) is 97.6. The zero-order valence-electron chi connectivity index (χ0n) is 77.3. The van der Waals surface area contributed by atoms with E-state index in [0.717, 1.165) is 113 Å². The van der Waals surface area contributed by atoms with Crippen LogP contribution >= 0.6 is 23.2 Å². The molecular formula is C119H80Cl2N20O2. The molecule has 1 aliphatic carbocycles. The van der Waals surface area contributed by atoms with Crippen molar-refractivity contribution in [1.82, 2.24) is 67.5 Å². The number of H-pyrrole nitrogens is 3. The van der Waals surface area contributed by atoms with Gasteiger partial charge in [-0.1, -0.05) is 327 Å². The van der Waals surface area contributed by atoms with E-state index in [2.05, 4.69) is 224 Å². The minimum atomic E-state index is -0.266. The number of carbonyl (C=O) groups is 2. The Morgan fingerprint density at radius 3 is 1.52 bits per heavy atom. The van der Waals surface area contributed by atoms with Crippen molar-refractivity contribution in [2.75, 3.05) is 9.80 Å². The zero-order valence-corrected chi connectivity index (χ0v) is 78.8. The van der Waals surface area contributed by atoms with E-state index >= 15 is 0 Å². The number of allylic oxidation sites excluding steroid dienone is 3. The Balaban J connectivity index is 0.000000104. The lowest BCUT2D eigenvalue weighted by Crippen LogP contribution is -2.22. The van der Waals surface area contributed by atoms with Gasteiger partial charge in [-0.25, -0.2) is 34.2 Å². The van der Waals surface area contributed by atoms with Crippen molar-refractivity contribution in [1.29, 1.82) is 5.26 Å². The Morgan fingerprint density at radius 1 is 0.448 bits per heavy atom. The highest BCUT2D eigenvalue weighted by atomic mass is 35.5. The molecule has 0 fully saturated rings. The van der Waals surface area contributed by atoms with Crippen LogP contribution in [0.3, 0.4) is 0 Å². The fraction of sp³-hybridized carbons (Fsp3) is 0.0420. The van der Waals surface area contributed by atoms with Gasteiger partial charge in [-0.15, -0.1) is 5.10 Å². The minimum absolute atomic E-state index is 0.141. The van der Waals surface area contributed by atoms with E-state index in [1.54, 1.807) is 64.0 Å². The number of imidazole rings is 3. The van der Waals surface area contributed by atoms with Crippen LogP contribution in [0.4, 0.5) is 40.3 Å². The number of rotatable bonds is 11. The number of ketones is 2. The third-order valence-corrected chi connectivity index (χ3v) is 26.6. The molecule has 1 aliphatic heterocycles. The molecule has 0 saturated carbocycles. The topological polar surface area (TPSA) is 225 Å². The quantitative estimate of drug-likeness (QED) is 0.0627. The molecule has 22 nitrogen and oxygen atoms in total. The number of aromatic amines is 3. The summed E-state index contributed by atoms with van der Waals surface area (Å²) in [4.78, 5) is 70.1. The molecule has 10 aromatic heterocycles. The van der Waals surface area contributed by atoms with Gasteiger partial charge in [0.25, 0.3) is 17.3 Å². The van der Waals surface area contributed by atoms with E-state index in [0.29, 0.717) is 67.2 Å². The molecule has 0 saturated heterocycles. The summed E-state index contributed by atoms with van der Waals surface area (Å²) in [6.45, 7) is 31.4. The number of nitrogens with one attached hydrogen (secondary N) is 3. The van der Waals surface area contributed by atoms with Crippen LogP contribution in [0.15, 0.2) is 394 Å². The van der Waals surface area contributed by atoms with E-state index in [1.807, 2.05) is 210 Å². The van der Waals surface area contributed by atoms with Crippen LogP contribution in [0.2, 0.25) is 10.0 Å². The maximum Gasteiger partial charge on any atom is 0.276 e. The largest absolute Gasteiger partial charge is 0.373 e. The molecule has 24 aromatic rings. The second kappa shape index (κ2) is 37.6. The van der Waals surface area contributed by atoms with Crippen LogP contribution in [0, 0.1) is 51.8 Å². The number of nitrogens with zero attached hydrogens (tertiary/aromatic N) is 17. The molecule has 682 valence electrons. The average Bonchev–Trinajstić information content (AvgIpc) is 1.49. The van der Waals surface area contributed by atoms with Crippen LogP contribution in [0.1, 0.15) is 50.2 Å². The molecule has 0 atom stereocenters. The molecule has 24 heteroatoms. The fourth-order valence-corrected chi connectivity index (χ4v) is 19.7. The van der Waals surface area contributed by atoms with Crippen LogP contribution in [-0.2, 0) is 6.54 Å². The van der Waals surface area contributed by atoms with Crippen molar-refractivity contribution in [3.8, 4) is 84.7 Å². The van der Waals surface area contributed by atoms with Crippen molar-refractivity contribution in [2.45, 2.75) is 34.2 Å². The summed E-state index contributed by atoms with van der Waals surface area (Å²) in [6, 6.07) is 117. The first kappa shape index (κ1) is 88.9. The number of anilines is 4. The Hall–Kier alpha value is -19.4. The molecule has 0 amide bonds. The van der Waals surface area contributed by atoms with Gasteiger partial charge in [0.2, 0.25) is 11.5 Å². The molecule has 2 aliphatic rings. The molecule has 0 bridgehead atoms. The number of nitriles is 1. The lowest BCUT2D eigenvalue weighted by molar-refractivity contribution is 0.0988. The summed E-state index contributed by atoms with van der Waals surface area (Å²) in [5, 5.41) is 25.5. The number of aryl methyl sites for hydroxylation is 4. The maximum absolute atomic E-state index is 13.1. The number of fused-ring (bicyclic) bond motifs is 12. The first-order valence-corrected chi connectivity index (χ1v) is 46.9. The number of aromatic nitrogens is 14. The van der Waals surface area contributed by atoms with Gasteiger partial charge in [0.05, 0.1) is 61.8 Å². The molecule has 26 rings (SSSR count). The Labute approximate surface area is 829 Å². The summed E-state index contributed by atoms with van der Waals surface area (Å²) < 4.78 is 10.0. The second-order valence-electron chi connectivity index (χ2n) is 34.2. The normalized spacial score (nSPS) is 12.0. The molecule has 0 radical (unpaired) electrons. The molecule has 0 spiro atoms. The Morgan fingerprint density at radius 2 is 0.958 bits per heavy atom. The van der Waals surface area contributed by atoms with E-state index < -0.39 is 0 Å². The minimum Gasteiger partial charge on any atom is -0.373 e. The van der Waals surface area contributed by atoms with Crippen molar-refractivity contribution in [2.24, 2.45) is 0 Å². The highest BCUT2D eigenvalue weighted by molar-refractivity contribution is 6.43. The number of hydrogen-bond acceptors (Lipinski definition) is 11. The summed E-state index contributed by atoms with van der Waals surface area (Å²) in [5.74, 6) is 2.87. The molecule has 14 aromatic carbocycles. The monoisotopic (exact) mass is 1890 g/mol. The summed E-state index contributed by atoms with van der Waals surface area (Å²) in [5.41, 5.74) is 27.5. The lowest BCUT2D eigenvalue weighted by Gasteiger charge is -2.24. The number of para-hydroxylation sites is 4. The smallest absolute Gasteiger partial charge is 0.276 e. The number of Topliss-reactive ketones (excluding diaryl/α,β-unsaturated/α-hetero) is 2. The SMILES string of the molecule is CCn1c2cc(Cl)c(Cl)cc2n2c(C)c(-c3ccccc3)c(-c3cccc4ccccc34)c12.O=C1C(=CC=C2N(c3ccccc3)c3nc4ccccc4nc3N2c2ccccc2)C(=O)c2ccccc21.[C-]#[N+]c1[nH]c2c(C#N)c(-c3cccc4ccccc34)cn2c1[N+]#[C-].[C-]#[N+]c1cn2c(C)c(-c3ccc(C)cc3)[nH]c2c1-c1ccccc1.c1cnc(-c2nc3cc(-c4cccc5ccccc45)[nH]n3n2)nc1. The molecule has 3 N–H and O–H groups in total. The van der Waals surface area contributed by atoms with Gasteiger partial charge < -0.3 is 23.6 Å². The third-order valence-electron chi connectivity index (χ3n) is 25.9. The van der Waals surface area contributed by atoms with Crippen molar-refractivity contribution in [3.05, 3.63) is 472 Å². The number of hydrogen-bond donors (Lipinski definition) is 3. The maximum atomic E-state index is 13.1. The van der Waals surface area contributed by atoms with Gasteiger partial charge in [-0.2, -0.15) is 9.89 Å². The summed E-state index contributed by atoms with van der Waals surface area (Å²) in [6.07, 6.45) is 10.5. The molecule has 0 unspecified atom stereocenters. The fourth-order valence-electron chi connectivity index (χ4n) is 19.3. The number of halogens is 2. The average molecular weight is 1890 g/mol. The highest BCUT2D eigenvalue weighted by Crippen LogP contribution is 2.51. The standard InChI is InChI=1S/C32H20N4O2.C29H22Cl2N2.C21H17N3.C19H9N5.C18H12N6/c37-29-23-15-7-8-16-24(23)30(38)25(29)19-20-28-35(21-11-3-1-4-12-21)31-32(36(28)22-13-5-2-6-14-22)34-27-18-10-9-17-26(27)33-31;1-3-32-25-16-23(30)24(31)17-26(25)33-18(2)27(20-11-5-4-6-12-20)28(29(32)33)22-15-9-13-19-10-7-8-14-21(19)22;1-14-9-11-17(12-10-14)20-15(2)24-13-18(22-3)19(21(24)23-20)16-7-5-4-6-8-16;1-21-17-19(22-2)24-11-16(15(10-20)18(24)23-17)14-9-5-7-12-6-3-4-8-13(12)14;1-2-7-13-12(5-1)6-3-8-14(13)15-11-16-21-18(23-24(16)22-15)17-19-9-4-10-20-17/h1-20H;4-17H,3H2,1-2H3;4-13,23H,1-2H3;3-9,11,23H;1-11,22H. The predicted octanol–water partition coefficient (Wildman–Crippen LogP) is 29.9. The summed E-state index contributed by atoms with van der Waals surface area (Å²) in [7, 11) is 0. The number of benzene rings is 14. The second-order valence-corrected chi connectivity index (χ2v) is 35.0. The van der Waals surface area contributed by atoms with Gasteiger partial charge >= 0.3 is 0 Å². The van der Waals surface area contributed by atoms with Crippen LogP contribution in [0.5, 0.6) is 0 Å². The van der Waals surface area contributed by atoms with E-state index in [1.165, 1.54) is 60.7 Å². The van der Waals surface area contributed by atoms with E-state index in [-0.39, 0.29) is 28.8 Å². The lowest BCUT2D eigenvalue weighted by atomic mass is 9.93. The summed E-state index contributed by atoms with van der Waals surface area (Å²) >= 11 is 13.0. The molecular weight excluding hydrogens is 1810 g/mol. The third kappa shape index (κ3) is 15.9. The van der Waals surface area contributed by atoms with E-state index in [4.69, 9.17) is 52.9 Å². The first-order chi connectivity index (χ1) is 70.1. The van der Waals surface area contributed by atoms with Crippen LogP contribution in [-0.4, -0.2) is 79.1 Å². The van der Waals surface area contributed by atoms with Gasteiger partial charge in [0.1, 0.15) is 23.2 Å². The molecule has 11 heterocycles. The van der Waals surface area contributed by atoms with Gasteiger partial charge in [0.15, 0.2) is 40.2 Å². The van der Waals surface area contributed by atoms with Crippen molar-refractivity contribution < 1.29 is 9.59 Å².